The van der Waals surface area contributed by atoms with Crippen LogP contribution in [-0.2, 0) is 22.6 Å². The molecule has 5 nitrogen and oxygen atoms in total. The van der Waals surface area contributed by atoms with E-state index in [0.29, 0.717) is 18.7 Å². The summed E-state index contributed by atoms with van der Waals surface area (Å²) in [6, 6.07) is 30.8. The molecule has 35 heavy (non-hydrogen) atoms. The average Bonchev–Trinajstić information content (AvgIpc) is 2.89. The molecule has 0 bridgehead atoms. The van der Waals surface area contributed by atoms with Crippen molar-refractivity contribution in [3.63, 3.8) is 0 Å². The second-order valence-corrected chi connectivity index (χ2v) is 8.60. The van der Waals surface area contributed by atoms with Gasteiger partial charge >= 0.3 is 0 Å². The minimum absolute atomic E-state index is 0.165. The van der Waals surface area contributed by atoms with E-state index in [2.05, 4.69) is 5.32 Å². The zero-order chi connectivity index (χ0) is 24.6. The van der Waals surface area contributed by atoms with Crippen molar-refractivity contribution < 1.29 is 14.3 Å². The molecule has 0 spiro atoms. The lowest BCUT2D eigenvalue weighted by Gasteiger charge is -2.31. The number of carbonyl (C=O) groups is 2. The number of hydrogen-bond donors (Lipinski definition) is 1. The number of benzene rings is 4. The third-order valence-corrected chi connectivity index (χ3v) is 6.05. The molecule has 0 unspecified atom stereocenters. The summed E-state index contributed by atoms with van der Waals surface area (Å²) >= 11 is 0. The Morgan fingerprint density at radius 2 is 1.54 bits per heavy atom. The van der Waals surface area contributed by atoms with Crippen molar-refractivity contribution in [1.29, 1.82) is 0 Å². The van der Waals surface area contributed by atoms with Crippen LogP contribution in [0.5, 0.6) is 5.75 Å². The van der Waals surface area contributed by atoms with Gasteiger partial charge in [0, 0.05) is 25.4 Å². The molecule has 1 atom stereocenters. The molecule has 4 aromatic rings. The highest BCUT2D eigenvalue weighted by Crippen LogP contribution is 2.25. The monoisotopic (exact) mass is 466 g/mol. The normalized spacial score (nSPS) is 11.6. The summed E-state index contributed by atoms with van der Waals surface area (Å²) in [4.78, 5) is 28.3. The van der Waals surface area contributed by atoms with E-state index in [9.17, 15) is 9.59 Å². The van der Waals surface area contributed by atoms with E-state index in [1.165, 1.54) is 0 Å². The van der Waals surface area contributed by atoms with Crippen LogP contribution in [0.2, 0.25) is 0 Å². The number of aryl methyl sites for hydroxylation is 1. The van der Waals surface area contributed by atoms with Crippen molar-refractivity contribution in [2.75, 3.05) is 13.7 Å². The van der Waals surface area contributed by atoms with Gasteiger partial charge in [-0.05, 0) is 29.5 Å². The largest absolute Gasteiger partial charge is 0.483 e. The zero-order valence-corrected chi connectivity index (χ0v) is 20.1. The fraction of sp³-hybridized carbons (Fsp3) is 0.200. The first-order valence-corrected chi connectivity index (χ1v) is 11.8. The minimum atomic E-state index is -0.675. The highest BCUT2D eigenvalue weighted by molar-refractivity contribution is 5.90. The summed E-state index contributed by atoms with van der Waals surface area (Å²) in [5, 5.41) is 4.73. The van der Waals surface area contributed by atoms with Crippen LogP contribution >= 0.6 is 0 Å². The number of ether oxygens (including phenoxy) is 1. The third-order valence-electron chi connectivity index (χ3n) is 6.05. The summed E-state index contributed by atoms with van der Waals surface area (Å²) in [6.45, 7) is 2.16. The van der Waals surface area contributed by atoms with E-state index in [1.807, 2.05) is 104 Å². The summed E-state index contributed by atoms with van der Waals surface area (Å²) in [5.74, 6) is 0.190. The van der Waals surface area contributed by atoms with Crippen molar-refractivity contribution in [2.45, 2.75) is 25.9 Å². The van der Waals surface area contributed by atoms with E-state index in [1.54, 1.807) is 11.9 Å². The molecule has 0 radical (unpaired) electrons. The number of nitrogens with one attached hydrogen (secondary N) is 1. The molecular formula is C30H30N2O3. The number of carbonyl (C=O) groups excluding carboxylic acids is 2. The molecule has 0 aliphatic rings. The number of rotatable bonds is 9. The van der Waals surface area contributed by atoms with E-state index in [4.69, 9.17) is 4.74 Å². The summed E-state index contributed by atoms with van der Waals surface area (Å²) in [6.07, 6.45) is 0.409. The van der Waals surface area contributed by atoms with Crippen LogP contribution in [0.25, 0.3) is 10.8 Å². The van der Waals surface area contributed by atoms with Crippen molar-refractivity contribution in [1.82, 2.24) is 10.2 Å². The first-order chi connectivity index (χ1) is 17.0. The van der Waals surface area contributed by atoms with Crippen LogP contribution in [0.3, 0.4) is 0 Å². The highest BCUT2D eigenvalue weighted by Gasteiger charge is 2.30. The Bertz CT molecular complexity index is 1300. The Labute approximate surface area is 206 Å². The lowest BCUT2D eigenvalue weighted by atomic mass is 10.0. The Balaban J connectivity index is 1.62. The van der Waals surface area contributed by atoms with Crippen molar-refractivity contribution in [2.24, 2.45) is 0 Å². The number of amides is 2. The molecule has 0 aromatic heterocycles. The summed E-state index contributed by atoms with van der Waals surface area (Å²) in [7, 11) is 1.60. The first-order valence-electron chi connectivity index (χ1n) is 11.8. The molecule has 0 fully saturated rings. The predicted octanol–water partition coefficient (Wildman–Crippen LogP) is 4.91. The van der Waals surface area contributed by atoms with Gasteiger partial charge in [0.05, 0.1) is 0 Å². The molecule has 0 saturated heterocycles. The topological polar surface area (TPSA) is 58.6 Å². The number of nitrogens with zero attached hydrogens (tertiary/aromatic N) is 1. The molecule has 0 heterocycles. The van der Waals surface area contributed by atoms with Crippen LogP contribution in [0, 0.1) is 6.92 Å². The second-order valence-electron chi connectivity index (χ2n) is 8.60. The molecule has 5 heteroatoms. The molecule has 4 aromatic carbocycles. The number of hydrogen-bond acceptors (Lipinski definition) is 3. The molecular weight excluding hydrogens is 436 g/mol. The Kier molecular flexibility index (Phi) is 7.78. The molecule has 1 N–H and O–H groups in total. The van der Waals surface area contributed by atoms with Gasteiger partial charge in [0.25, 0.3) is 5.91 Å². The summed E-state index contributed by atoms with van der Waals surface area (Å²) < 4.78 is 6.01. The van der Waals surface area contributed by atoms with Crippen molar-refractivity contribution in [3.05, 3.63) is 114 Å². The van der Waals surface area contributed by atoms with Crippen LogP contribution in [-0.4, -0.2) is 36.4 Å². The Morgan fingerprint density at radius 1 is 0.857 bits per heavy atom. The zero-order valence-electron chi connectivity index (χ0n) is 20.1. The van der Waals surface area contributed by atoms with Crippen LogP contribution < -0.4 is 10.1 Å². The molecule has 0 saturated carbocycles. The van der Waals surface area contributed by atoms with Gasteiger partial charge in [0.2, 0.25) is 5.91 Å². The second kappa shape index (κ2) is 11.3. The van der Waals surface area contributed by atoms with Crippen molar-refractivity contribution >= 4 is 22.6 Å². The Hall–Kier alpha value is -4.12. The van der Waals surface area contributed by atoms with Gasteiger partial charge < -0.3 is 15.0 Å². The fourth-order valence-electron chi connectivity index (χ4n) is 4.27. The third kappa shape index (κ3) is 6.07. The predicted molar refractivity (Wildman–Crippen MR) is 139 cm³/mol. The van der Waals surface area contributed by atoms with Crippen LogP contribution in [0.15, 0.2) is 97.1 Å². The standard InChI is InChI=1S/C30H30N2O3/c1-22-10-8-13-24(18-22)20-32(27(30(34)31-2)19-23-11-4-3-5-12-23)29(33)21-35-28-17-9-15-25-14-6-7-16-26(25)28/h3-18,27H,19-21H2,1-2H3,(H,31,34)/t27-/m0/s1. The fourth-order valence-corrected chi connectivity index (χ4v) is 4.27. The smallest absolute Gasteiger partial charge is 0.261 e. The molecule has 0 aliphatic carbocycles. The molecule has 4 rings (SSSR count). The molecule has 2 amide bonds. The maximum atomic E-state index is 13.6. The average molecular weight is 467 g/mol. The van der Waals surface area contributed by atoms with Gasteiger partial charge in [-0.2, -0.15) is 0 Å². The van der Waals surface area contributed by atoms with Crippen LogP contribution in [0.4, 0.5) is 0 Å². The Morgan fingerprint density at radius 3 is 2.31 bits per heavy atom. The van der Waals surface area contributed by atoms with Crippen molar-refractivity contribution in [3.8, 4) is 5.75 Å². The van der Waals surface area contributed by atoms with Crippen LogP contribution in [0.1, 0.15) is 16.7 Å². The maximum Gasteiger partial charge on any atom is 0.261 e. The number of fused-ring (bicyclic) bond motifs is 1. The van der Waals surface area contributed by atoms with E-state index in [0.717, 1.165) is 27.5 Å². The first kappa shape index (κ1) is 24.0. The lowest BCUT2D eigenvalue weighted by molar-refractivity contribution is -0.142. The van der Waals surface area contributed by atoms with Gasteiger partial charge in [-0.15, -0.1) is 0 Å². The van der Waals surface area contributed by atoms with E-state index in [-0.39, 0.29) is 18.4 Å². The molecule has 178 valence electrons. The van der Waals surface area contributed by atoms with Gasteiger partial charge in [-0.1, -0.05) is 96.6 Å². The minimum Gasteiger partial charge on any atom is -0.483 e. The van der Waals surface area contributed by atoms with Gasteiger partial charge in [0.15, 0.2) is 6.61 Å². The SMILES string of the molecule is CNC(=O)[C@H](Cc1ccccc1)N(Cc1cccc(C)c1)C(=O)COc1cccc2ccccc12. The van der Waals surface area contributed by atoms with E-state index < -0.39 is 6.04 Å². The number of likely N-dealkylation sites (N-methyl/N-ethyl adjacent to an activating group) is 1. The van der Waals surface area contributed by atoms with Gasteiger partial charge in [0.1, 0.15) is 11.8 Å². The summed E-state index contributed by atoms with van der Waals surface area (Å²) in [5.41, 5.74) is 3.05. The quantitative estimate of drug-likeness (QED) is 0.381. The van der Waals surface area contributed by atoms with Gasteiger partial charge in [-0.25, -0.2) is 0 Å². The molecule has 0 aliphatic heterocycles. The highest BCUT2D eigenvalue weighted by atomic mass is 16.5. The maximum absolute atomic E-state index is 13.6. The lowest BCUT2D eigenvalue weighted by Crippen LogP contribution is -2.51. The van der Waals surface area contributed by atoms with E-state index >= 15 is 0 Å². The van der Waals surface area contributed by atoms with Gasteiger partial charge in [-0.3, -0.25) is 9.59 Å².